The number of alkyl halides is 3. The minimum Gasteiger partial charge on any atom is -0.468 e. The number of aromatic nitrogens is 2. The number of amides is 1. The lowest BCUT2D eigenvalue weighted by Gasteiger charge is -2.54. The van der Waals surface area contributed by atoms with Gasteiger partial charge in [0.25, 0.3) is 5.69 Å². The number of ether oxygens (including phenoxy) is 3. The number of carboxylic acid groups (broad SMARTS) is 1. The number of nitro groups is 1. The first kappa shape index (κ1) is 35.7. The molecular weight excluding hydrogens is 692 g/mol. The predicted octanol–water partition coefficient (Wildman–Crippen LogP) is 7.45. The van der Waals surface area contributed by atoms with Gasteiger partial charge in [-0.15, -0.1) is 0 Å². The molecule has 272 valence electrons. The molecule has 4 aromatic rings. The maximum atomic E-state index is 17.1. The average molecular weight is 724 g/mol. The number of nitro benzene ring substituents is 1. The molecule has 2 atom stereocenters. The molecule has 51 heavy (non-hydrogen) atoms. The minimum atomic E-state index is -4.86. The Bertz CT molecular complexity index is 2070. The predicted molar refractivity (Wildman–Crippen MR) is 170 cm³/mol. The summed E-state index contributed by atoms with van der Waals surface area (Å²) in [6, 6.07) is 3.64. The van der Waals surface area contributed by atoms with E-state index in [0.29, 0.717) is 12.8 Å². The quantitative estimate of drug-likeness (QED) is 0.0844. The second-order valence-corrected chi connectivity index (χ2v) is 13.5. The highest BCUT2D eigenvalue weighted by Crippen LogP contribution is 2.51. The highest BCUT2D eigenvalue weighted by Gasteiger charge is 2.59. The highest BCUT2D eigenvalue weighted by atomic mass is 19.4. The Kier molecular flexibility index (Phi) is 8.80. The molecule has 1 amide bonds. The lowest BCUT2D eigenvalue weighted by atomic mass is 9.71. The van der Waals surface area contributed by atoms with Gasteiger partial charge in [-0.3, -0.25) is 15.0 Å². The molecular formula is C33H31F6N5O7. The van der Waals surface area contributed by atoms with E-state index in [9.17, 15) is 37.6 Å². The number of methoxy groups -OCH3 is 1. The van der Waals surface area contributed by atoms with Crippen LogP contribution in [0.2, 0.25) is 0 Å². The molecule has 2 fully saturated rings. The minimum absolute atomic E-state index is 0.0249. The van der Waals surface area contributed by atoms with Crippen LogP contribution in [0.15, 0.2) is 30.3 Å². The van der Waals surface area contributed by atoms with Crippen LogP contribution in [-0.4, -0.2) is 82.3 Å². The SMILES string of the molecule is COCOc1cc(-c2c([N+](=O)[O-])cc3c(N4C[C@@H]5CC[C@@](C(C)(C)C)(C4)N5C(=O)O)nc(OCC(F)(F)F)nc3c2F)c2c(F)c(F)ccc2c1. The number of benzene rings is 3. The van der Waals surface area contributed by atoms with Crippen molar-refractivity contribution in [1.29, 1.82) is 0 Å². The zero-order valence-corrected chi connectivity index (χ0v) is 27.6. The molecule has 18 heteroatoms. The largest absolute Gasteiger partial charge is 0.468 e. The summed E-state index contributed by atoms with van der Waals surface area (Å²) in [6.07, 6.45) is -5.19. The lowest BCUT2D eigenvalue weighted by molar-refractivity contribution is -0.384. The third kappa shape index (κ3) is 6.14. The molecule has 2 aliphatic rings. The number of hydrogen-bond acceptors (Lipinski definition) is 9. The number of anilines is 1. The molecule has 12 nitrogen and oxygen atoms in total. The first-order chi connectivity index (χ1) is 23.9. The van der Waals surface area contributed by atoms with Crippen molar-refractivity contribution in [3.63, 3.8) is 0 Å². The van der Waals surface area contributed by atoms with Crippen molar-refractivity contribution in [2.75, 3.05) is 38.5 Å². The Morgan fingerprint density at radius 2 is 1.82 bits per heavy atom. The highest BCUT2D eigenvalue weighted by molar-refractivity contribution is 6.04. The molecule has 0 aliphatic carbocycles. The molecule has 3 heterocycles. The van der Waals surface area contributed by atoms with E-state index in [4.69, 9.17) is 14.2 Å². The average Bonchev–Trinajstić information content (AvgIpc) is 3.31. The van der Waals surface area contributed by atoms with Crippen molar-refractivity contribution in [2.45, 2.75) is 51.4 Å². The summed E-state index contributed by atoms with van der Waals surface area (Å²) >= 11 is 0. The number of piperazine rings is 1. The third-order valence-corrected chi connectivity index (χ3v) is 9.53. The van der Waals surface area contributed by atoms with Gasteiger partial charge in [-0.2, -0.15) is 23.1 Å². The molecule has 3 aromatic carbocycles. The van der Waals surface area contributed by atoms with E-state index in [0.717, 1.165) is 24.3 Å². The molecule has 6 rings (SSSR count). The number of hydrogen-bond donors (Lipinski definition) is 1. The van der Waals surface area contributed by atoms with Crippen LogP contribution in [0.1, 0.15) is 33.6 Å². The monoisotopic (exact) mass is 723 g/mol. The van der Waals surface area contributed by atoms with Crippen LogP contribution >= 0.6 is 0 Å². The zero-order valence-electron chi connectivity index (χ0n) is 27.6. The number of carbonyl (C=O) groups is 1. The second-order valence-electron chi connectivity index (χ2n) is 13.5. The summed E-state index contributed by atoms with van der Waals surface area (Å²) in [6.45, 7) is 3.19. The maximum absolute atomic E-state index is 17.1. The molecule has 0 saturated carbocycles. The van der Waals surface area contributed by atoms with Gasteiger partial charge in [0.2, 0.25) is 0 Å². The van der Waals surface area contributed by atoms with Crippen LogP contribution in [0, 0.1) is 33.0 Å². The van der Waals surface area contributed by atoms with Crippen LogP contribution in [0.5, 0.6) is 11.8 Å². The van der Waals surface area contributed by atoms with Gasteiger partial charge in [-0.05, 0) is 41.8 Å². The summed E-state index contributed by atoms with van der Waals surface area (Å²) < 4.78 is 102. The number of halogens is 6. The van der Waals surface area contributed by atoms with Crippen molar-refractivity contribution >= 4 is 39.3 Å². The van der Waals surface area contributed by atoms with Gasteiger partial charge >= 0.3 is 18.3 Å². The molecule has 0 spiro atoms. The van der Waals surface area contributed by atoms with Crippen LogP contribution in [0.25, 0.3) is 32.8 Å². The lowest BCUT2D eigenvalue weighted by Crippen LogP contribution is -2.68. The Hall–Kier alpha value is -5.13. The summed E-state index contributed by atoms with van der Waals surface area (Å²) in [5.74, 6) is -4.56. The van der Waals surface area contributed by atoms with Gasteiger partial charge in [-0.1, -0.05) is 26.8 Å². The first-order valence-corrected chi connectivity index (χ1v) is 15.6. The molecule has 2 bridgehead atoms. The normalized spacial score (nSPS) is 19.2. The topological polar surface area (TPSA) is 140 Å². The van der Waals surface area contributed by atoms with Crippen LogP contribution < -0.4 is 14.4 Å². The van der Waals surface area contributed by atoms with E-state index >= 15 is 8.78 Å². The molecule has 0 radical (unpaired) electrons. The fraction of sp³-hybridized carbons (Fsp3) is 0.424. The van der Waals surface area contributed by atoms with Crippen molar-refractivity contribution in [3.8, 4) is 22.9 Å². The second kappa shape index (κ2) is 12.6. The van der Waals surface area contributed by atoms with Gasteiger partial charge in [0.15, 0.2) is 30.9 Å². The van der Waals surface area contributed by atoms with Gasteiger partial charge in [0, 0.05) is 37.2 Å². The van der Waals surface area contributed by atoms with Crippen molar-refractivity contribution < 1.29 is 55.4 Å². The van der Waals surface area contributed by atoms with Crippen LogP contribution in [0.3, 0.4) is 0 Å². The van der Waals surface area contributed by atoms with E-state index in [-0.39, 0.29) is 42.2 Å². The molecule has 2 saturated heterocycles. The summed E-state index contributed by atoms with van der Waals surface area (Å²) in [5, 5.41) is 22.0. The first-order valence-electron chi connectivity index (χ1n) is 15.6. The smallest absolute Gasteiger partial charge is 0.422 e. The van der Waals surface area contributed by atoms with Crippen molar-refractivity contribution in [1.82, 2.24) is 14.9 Å². The number of fused-ring (bicyclic) bond motifs is 4. The van der Waals surface area contributed by atoms with Gasteiger partial charge < -0.3 is 24.2 Å². The Morgan fingerprint density at radius 1 is 1.10 bits per heavy atom. The summed E-state index contributed by atoms with van der Waals surface area (Å²) in [7, 11) is 1.30. The van der Waals surface area contributed by atoms with Crippen molar-refractivity contribution in [3.05, 3.63) is 57.9 Å². The zero-order chi connectivity index (χ0) is 37.2. The molecule has 1 aromatic heterocycles. The standard InChI is InChI=1S/C33H31F6N5O7/c1-31(2,3)32-8-7-17(43(32)30(45)46)12-42(13-32)28-20-11-22(44(47)48)24(26(36)27(20)40-29(41-28)50-14-33(37,38)39)19-10-18(51-15-49-4)9-16-5-6-21(34)25(35)23(16)19/h5-6,9-11,17H,7-8,12-15H2,1-4H3,(H,45,46)/t17-,32-/m0/s1. The Balaban J connectivity index is 1.65. The Morgan fingerprint density at radius 3 is 2.45 bits per heavy atom. The summed E-state index contributed by atoms with van der Waals surface area (Å²) in [4.78, 5) is 35.1. The van der Waals surface area contributed by atoms with E-state index in [1.54, 1.807) is 4.90 Å². The summed E-state index contributed by atoms with van der Waals surface area (Å²) in [5.41, 5.74) is -4.75. The molecule has 2 aliphatic heterocycles. The fourth-order valence-electron chi connectivity index (χ4n) is 7.25. The van der Waals surface area contributed by atoms with E-state index in [2.05, 4.69) is 9.97 Å². The van der Waals surface area contributed by atoms with Crippen LogP contribution in [0.4, 0.5) is 42.6 Å². The van der Waals surface area contributed by atoms with Crippen LogP contribution in [-0.2, 0) is 4.74 Å². The van der Waals surface area contributed by atoms with E-state index in [1.807, 2.05) is 20.8 Å². The fourth-order valence-corrected chi connectivity index (χ4v) is 7.25. The molecule has 0 unspecified atom stereocenters. The Labute approximate surface area is 285 Å². The van der Waals surface area contributed by atoms with Gasteiger partial charge in [0.05, 0.1) is 27.5 Å². The van der Waals surface area contributed by atoms with Gasteiger partial charge in [0.1, 0.15) is 17.1 Å². The number of nitrogens with zero attached hydrogens (tertiary/aromatic N) is 5. The van der Waals surface area contributed by atoms with E-state index < -0.39 is 92.0 Å². The van der Waals surface area contributed by atoms with E-state index in [1.165, 1.54) is 18.1 Å². The van der Waals surface area contributed by atoms with Gasteiger partial charge in [-0.25, -0.2) is 18.0 Å². The number of rotatable bonds is 8. The van der Waals surface area contributed by atoms with Crippen molar-refractivity contribution in [2.24, 2.45) is 5.41 Å². The maximum Gasteiger partial charge on any atom is 0.422 e. The molecule has 1 N–H and O–H groups in total. The third-order valence-electron chi connectivity index (χ3n) is 9.53.